The maximum atomic E-state index is 13.4. The number of nitrogens with one attached hydrogen (secondary N) is 2. The minimum absolute atomic E-state index is 0.0466. The number of ether oxygens (including phenoxy) is 3. The number of esters is 2. The van der Waals surface area contributed by atoms with Gasteiger partial charge < -0.3 is 39.5 Å². The van der Waals surface area contributed by atoms with Crippen LogP contribution in [0.15, 0.2) is 72.5 Å². The Labute approximate surface area is 388 Å². The van der Waals surface area contributed by atoms with Crippen molar-refractivity contribution in [2.75, 3.05) is 58.5 Å². The van der Waals surface area contributed by atoms with Crippen molar-refractivity contribution in [2.24, 2.45) is 0 Å². The summed E-state index contributed by atoms with van der Waals surface area (Å²) in [4.78, 5) is 71.7. The van der Waals surface area contributed by atoms with Gasteiger partial charge in [-0.15, -0.1) is 0 Å². The van der Waals surface area contributed by atoms with Crippen LogP contribution in [-0.4, -0.2) is 103 Å². The summed E-state index contributed by atoms with van der Waals surface area (Å²) in [6.07, 6.45) is 12.3. The van der Waals surface area contributed by atoms with Gasteiger partial charge in [-0.05, 0) is 110 Å². The Balaban J connectivity index is 1.56. The molecule has 0 aliphatic carbocycles. The van der Waals surface area contributed by atoms with Crippen LogP contribution in [0.25, 0.3) is 0 Å². The Bertz CT molecular complexity index is 2350. The van der Waals surface area contributed by atoms with Crippen molar-refractivity contribution in [3.05, 3.63) is 83.6 Å². The zero-order valence-electron chi connectivity index (χ0n) is 39.8. The number of methoxy groups -OCH3 is 2. The van der Waals surface area contributed by atoms with E-state index in [2.05, 4.69) is 36.5 Å². The molecule has 3 unspecified atom stereocenters. The molecule has 0 saturated heterocycles. The number of benzene rings is 2. The van der Waals surface area contributed by atoms with Crippen LogP contribution < -0.4 is 26.1 Å². The van der Waals surface area contributed by atoms with E-state index in [1.165, 1.54) is 20.3 Å². The molecule has 362 valence electrons. The number of carbonyl (C=O) groups excluding carboxylic acids is 4. The summed E-state index contributed by atoms with van der Waals surface area (Å²) in [5.74, 6) is -1.67. The third kappa shape index (κ3) is 13.4. The van der Waals surface area contributed by atoms with Crippen molar-refractivity contribution >= 4 is 66.8 Å². The van der Waals surface area contributed by atoms with E-state index in [1.54, 1.807) is 51.1 Å². The second-order valence-electron chi connectivity index (χ2n) is 17.6. The summed E-state index contributed by atoms with van der Waals surface area (Å²) in [6.45, 7) is 15.9. The molecular weight excluding hydrogens is 890 g/mol. The van der Waals surface area contributed by atoms with Crippen LogP contribution in [0.2, 0.25) is 0 Å². The molecule has 0 bridgehead atoms. The fraction of sp³-hybridized carbons (Fsp3) is 0.511. The summed E-state index contributed by atoms with van der Waals surface area (Å²) < 4.78 is 53.3. The van der Waals surface area contributed by atoms with Crippen LogP contribution >= 0.6 is 15.2 Å². The van der Waals surface area contributed by atoms with Gasteiger partial charge in [0.25, 0.3) is 0 Å². The monoisotopic (exact) mass is 957 g/mol. The number of carbonyl (C=O) groups is 4. The maximum Gasteiger partial charge on any atom is 0.407 e. The molecule has 2 amide bonds. The van der Waals surface area contributed by atoms with Crippen LogP contribution in [-0.2, 0) is 57.6 Å². The van der Waals surface area contributed by atoms with E-state index >= 15 is 0 Å². The van der Waals surface area contributed by atoms with Crippen molar-refractivity contribution in [3.63, 3.8) is 0 Å². The largest absolute Gasteiger partial charge is 0.467 e. The molecule has 19 heteroatoms. The Kier molecular flexibility index (Phi) is 18.5. The number of nitrogens with zero attached hydrogens (tertiary/aromatic N) is 2. The highest BCUT2D eigenvalue weighted by Crippen LogP contribution is 2.52. The van der Waals surface area contributed by atoms with Gasteiger partial charge in [-0.1, -0.05) is 31.1 Å². The average molecular weight is 958 g/mol. The van der Waals surface area contributed by atoms with Crippen LogP contribution in [0, 0.1) is 0 Å². The van der Waals surface area contributed by atoms with E-state index < -0.39 is 62.9 Å². The maximum absolute atomic E-state index is 13.4. The topological polar surface area (TPSA) is 219 Å². The molecule has 0 fully saturated rings. The van der Waals surface area contributed by atoms with Gasteiger partial charge in [0.15, 0.2) is 18.9 Å². The number of alkyl carbamates (subject to hydrolysis) is 1. The number of anilines is 1. The smallest absolute Gasteiger partial charge is 0.407 e. The highest BCUT2D eigenvalue weighted by atomic mass is 31.2. The first-order valence-corrected chi connectivity index (χ1v) is 25.2. The Morgan fingerprint density at radius 3 is 1.97 bits per heavy atom. The lowest BCUT2D eigenvalue weighted by atomic mass is 9.77. The number of amides is 2. The van der Waals surface area contributed by atoms with E-state index in [0.717, 1.165) is 46.8 Å². The number of fused-ring (bicyclic) bond motifs is 2. The molecule has 2 aliphatic rings. The number of rotatable bonds is 22. The van der Waals surface area contributed by atoms with Gasteiger partial charge in [-0.2, -0.15) is 4.58 Å². The molecule has 3 atom stereocenters. The first kappa shape index (κ1) is 53.7. The average Bonchev–Trinajstić information content (AvgIpc) is 3.63. The molecule has 2 heterocycles. The molecule has 0 aromatic heterocycles. The van der Waals surface area contributed by atoms with Gasteiger partial charge in [0.1, 0.15) is 12.1 Å². The minimum Gasteiger partial charge on any atom is -0.467 e. The molecule has 4 rings (SSSR count). The standard InChI is InChI=1S/C47H66N4O13P2/c1-11-50-37-24-22-33(65(56,57)62-31-42(53)60-9)29-35(37)46(6,7)39(50)19-15-13-16-20-40-47(8,26-18-14-17-21-41(52)48-27-28-49-44(55)64-45(3,4)5)36-30-34(23-25-38(36)51(40)12-2)66(58,59)63-32-43(54)61-10/h13,15-16,19-20,22-25,29-30H,11-12,14,17-18,21,26-28,31-32H2,1-10H3,(H3-,48,49,52,55,56,57,58,59)/p+1. The predicted molar refractivity (Wildman–Crippen MR) is 253 cm³/mol. The molecule has 0 spiro atoms. The molecule has 4 N–H and O–H groups in total. The first-order chi connectivity index (χ1) is 30.9. The van der Waals surface area contributed by atoms with Gasteiger partial charge in [-0.3, -0.25) is 23.0 Å². The van der Waals surface area contributed by atoms with E-state index in [-0.39, 0.29) is 29.6 Å². The third-order valence-corrected chi connectivity index (χ3v) is 14.3. The normalized spacial score (nSPS) is 19.1. The summed E-state index contributed by atoms with van der Waals surface area (Å²) in [5, 5.41) is 5.57. The summed E-state index contributed by atoms with van der Waals surface area (Å²) in [6, 6.07) is 10.0. The molecule has 0 saturated carbocycles. The van der Waals surface area contributed by atoms with Gasteiger partial charge in [0, 0.05) is 60.6 Å². The molecule has 2 aromatic rings. The molecule has 0 radical (unpaired) electrons. The third-order valence-electron chi connectivity index (χ3n) is 11.5. The Morgan fingerprint density at radius 1 is 0.803 bits per heavy atom. The zero-order valence-corrected chi connectivity index (χ0v) is 41.6. The van der Waals surface area contributed by atoms with Crippen molar-refractivity contribution in [2.45, 2.75) is 104 Å². The fourth-order valence-electron chi connectivity index (χ4n) is 8.11. The first-order valence-electron chi connectivity index (χ1n) is 22.1. The van der Waals surface area contributed by atoms with E-state index in [0.29, 0.717) is 32.4 Å². The molecular formula is C47H67N4O13P2+. The fourth-order valence-corrected chi connectivity index (χ4v) is 10.1. The zero-order chi connectivity index (χ0) is 49.1. The van der Waals surface area contributed by atoms with Crippen LogP contribution in [0.5, 0.6) is 0 Å². The van der Waals surface area contributed by atoms with Gasteiger partial charge in [-0.25, -0.2) is 14.4 Å². The number of unbranched alkanes of at least 4 members (excludes halogenated alkanes) is 2. The number of allylic oxidation sites excluding steroid dienone is 6. The van der Waals surface area contributed by atoms with Crippen LogP contribution in [0.3, 0.4) is 0 Å². The van der Waals surface area contributed by atoms with Crippen molar-refractivity contribution in [3.8, 4) is 0 Å². The number of hydrogen-bond donors (Lipinski definition) is 4. The van der Waals surface area contributed by atoms with E-state index in [4.69, 9.17) is 13.8 Å². The highest BCUT2D eigenvalue weighted by molar-refractivity contribution is 7.61. The number of likely N-dealkylation sites (N-methyl/N-ethyl adjacent to an activating group) is 1. The van der Waals surface area contributed by atoms with Crippen molar-refractivity contribution in [1.29, 1.82) is 0 Å². The quantitative estimate of drug-likeness (QED) is 0.0248. The Hall–Kier alpha value is -4.89. The summed E-state index contributed by atoms with van der Waals surface area (Å²) >= 11 is 0. The predicted octanol–water partition coefficient (Wildman–Crippen LogP) is 6.47. The number of hydrogen-bond acceptors (Lipinski definition) is 12. The molecule has 66 heavy (non-hydrogen) atoms. The molecule has 2 aromatic carbocycles. The van der Waals surface area contributed by atoms with E-state index in [1.807, 2.05) is 58.1 Å². The second-order valence-corrected chi connectivity index (χ2v) is 21.2. The Morgan fingerprint density at radius 2 is 1.39 bits per heavy atom. The highest BCUT2D eigenvalue weighted by Gasteiger charge is 2.46. The lowest BCUT2D eigenvalue weighted by Crippen LogP contribution is -2.37. The van der Waals surface area contributed by atoms with Crippen molar-refractivity contribution < 1.29 is 65.9 Å². The van der Waals surface area contributed by atoms with Gasteiger partial charge >= 0.3 is 33.2 Å². The molecule has 2 aliphatic heterocycles. The summed E-state index contributed by atoms with van der Waals surface area (Å²) in [7, 11) is -6.40. The lowest BCUT2D eigenvalue weighted by molar-refractivity contribution is -0.433. The van der Waals surface area contributed by atoms with Crippen LogP contribution in [0.4, 0.5) is 16.2 Å². The SMILES string of the molecule is CCN1C(=CC=CC=CC2=[N+](CC)c3ccc(P(=O)(O)OCC(=O)OC)cc3C2(C)C)C(C)(CCCCCC(=O)NCCNC(=O)OC(C)(C)C)c2cc(P(=O)(O)OCC(=O)OC)ccc21. The molecule has 17 nitrogen and oxygen atoms in total. The minimum atomic E-state index is -4.42. The van der Waals surface area contributed by atoms with Crippen molar-refractivity contribution in [1.82, 2.24) is 10.6 Å². The van der Waals surface area contributed by atoms with Gasteiger partial charge in [0.05, 0.1) is 30.2 Å². The second kappa shape index (κ2) is 22.7. The van der Waals surface area contributed by atoms with Crippen LogP contribution in [0.1, 0.15) is 98.6 Å². The van der Waals surface area contributed by atoms with Gasteiger partial charge in [0.2, 0.25) is 11.6 Å². The van der Waals surface area contributed by atoms with E-state index in [9.17, 15) is 38.1 Å². The lowest BCUT2D eigenvalue weighted by Gasteiger charge is -2.30. The summed E-state index contributed by atoms with van der Waals surface area (Å²) in [5.41, 5.74) is 3.52.